The molecule has 0 aliphatic heterocycles. The van der Waals surface area contributed by atoms with E-state index in [4.69, 9.17) is 4.74 Å². The van der Waals surface area contributed by atoms with Crippen LogP contribution in [0.3, 0.4) is 0 Å². The maximum absolute atomic E-state index is 14.6. The number of ether oxygens (including phenoxy) is 2. The van der Waals surface area contributed by atoms with Crippen molar-refractivity contribution in [3.63, 3.8) is 0 Å². The van der Waals surface area contributed by atoms with Crippen molar-refractivity contribution in [1.29, 1.82) is 0 Å². The normalized spacial score (nSPS) is 11.3. The lowest BCUT2D eigenvalue weighted by molar-refractivity contribution is -0.274. The number of rotatable bonds is 6. The molecule has 146 valence electrons. The Hall–Kier alpha value is -3.02. The predicted octanol–water partition coefficient (Wildman–Crippen LogP) is 6.85. The highest BCUT2D eigenvalue weighted by Gasteiger charge is 2.31. The van der Waals surface area contributed by atoms with Gasteiger partial charge >= 0.3 is 6.36 Å². The standard InChI is InChI=1S/C22H18F4O2/c1-2-13-27-18-8-3-15(4-9-18)17-7-12-20(21(23)14-17)16-5-10-19(11-6-16)28-22(24,25)26/h3-12,14H,2,13H2,1H3. The number of benzene rings is 3. The van der Waals surface area contributed by atoms with Gasteiger partial charge in [-0.15, -0.1) is 13.2 Å². The highest BCUT2D eigenvalue weighted by Crippen LogP contribution is 2.31. The largest absolute Gasteiger partial charge is 0.573 e. The van der Waals surface area contributed by atoms with E-state index in [1.165, 1.54) is 18.2 Å². The fourth-order valence-corrected chi connectivity index (χ4v) is 2.73. The van der Waals surface area contributed by atoms with Gasteiger partial charge in [0.1, 0.15) is 17.3 Å². The van der Waals surface area contributed by atoms with E-state index in [9.17, 15) is 17.6 Å². The Kier molecular flexibility index (Phi) is 5.87. The first kappa shape index (κ1) is 19.7. The summed E-state index contributed by atoms with van der Waals surface area (Å²) in [5.74, 6) is -0.0594. The Morgan fingerprint density at radius 1 is 0.750 bits per heavy atom. The fourth-order valence-electron chi connectivity index (χ4n) is 2.73. The van der Waals surface area contributed by atoms with Crippen molar-refractivity contribution in [2.45, 2.75) is 19.7 Å². The minimum Gasteiger partial charge on any atom is -0.494 e. The average Bonchev–Trinajstić information content (AvgIpc) is 2.66. The lowest BCUT2D eigenvalue weighted by Crippen LogP contribution is -2.16. The molecule has 3 aromatic rings. The summed E-state index contributed by atoms with van der Waals surface area (Å²) in [6, 6.07) is 17.2. The molecule has 0 amide bonds. The molecule has 0 saturated heterocycles. The highest BCUT2D eigenvalue weighted by atomic mass is 19.4. The van der Waals surface area contributed by atoms with Gasteiger partial charge in [0.2, 0.25) is 0 Å². The topological polar surface area (TPSA) is 18.5 Å². The third-order valence-corrected chi connectivity index (χ3v) is 4.03. The van der Waals surface area contributed by atoms with Gasteiger partial charge in [0.25, 0.3) is 0 Å². The van der Waals surface area contributed by atoms with Crippen LogP contribution in [0, 0.1) is 5.82 Å². The molecular formula is C22H18F4O2. The zero-order chi connectivity index (χ0) is 20.1. The second kappa shape index (κ2) is 8.33. The van der Waals surface area contributed by atoms with Gasteiger partial charge in [-0.05, 0) is 53.4 Å². The van der Waals surface area contributed by atoms with Crippen LogP contribution < -0.4 is 9.47 Å². The number of hydrogen-bond acceptors (Lipinski definition) is 2. The van der Waals surface area contributed by atoms with Crippen molar-refractivity contribution in [2.24, 2.45) is 0 Å². The van der Waals surface area contributed by atoms with Crippen molar-refractivity contribution in [1.82, 2.24) is 0 Å². The third-order valence-electron chi connectivity index (χ3n) is 4.03. The van der Waals surface area contributed by atoms with E-state index in [1.54, 1.807) is 12.1 Å². The lowest BCUT2D eigenvalue weighted by atomic mass is 9.99. The summed E-state index contributed by atoms with van der Waals surface area (Å²) < 4.78 is 60.7. The van der Waals surface area contributed by atoms with E-state index in [-0.39, 0.29) is 5.75 Å². The molecule has 3 aromatic carbocycles. The maximum atomic E-state index is 14.6. The monoisotopic (exact) mass is 390 g/mol. The second-order valence-electron chi connectivity index (χ2n) is 6.14. The molecule has 0 aliphatic carbocycles. The van der Waals surface area contributed by atoms with E-state index in [0.717, 1.165) is 29.9 Å². The minimum absolute atomic E-state index is 0.296. The van der Waals surface area contributed by atoms with E-state index in [2.05, 4.69) is 4.74 Å². The molecule has 0 N–H and O–H groups in total. The molecule has 0 radical (unpaired) electrons. The first-order chi connectivity index (χ1) is 13.4. The molecule has 0 spiro atoms. The van der Waals surface area contributed by atoms with Crippen LogP contribution >= 0.6 is 0 Å². The summed E-state index contributed by atoms with van der Waals surface area (Å²) in [5.41, 5.74) is 2.29. The van der Waals surface area contributed by atoms with Crippen LogP contribution in [-0.2, 0) is 0 Å². The van der Waals surface area contributed by atoms with E-state index in [0.29, 0.717) is 23.3 Å². The summed E-state index contributed by atoms with van der Waals surface area (Å²) in [7, 11) is 0. The van der Waals surface area contributed by atoms with Crippen LogP contribution in [0.25, 0.3) is 22.3 Å². The quantitative estimate of drug-likeness (QED) is 0.429. The molecule has 0 bridgehead atoms. The molecule has 3 rings (SSSR count). The molecule has 28 heavy (non-hydrogen) atoms. The molecule has 0 heterocycles. The Labute approximate surface area is 160 Å². The summed E-state index contributed by atoms with van der Waals surface area (Å²) in [4.78, 5) is 0. The second-order valence-corrected chi connectivity index (χ2v) is 6.14. The van der Waals surface area contributed by atoms with E-state index >= 15 is 0 Å². The molecule has 2 nitrogen and oxygen atoms in total. The molecular weight excluding hydrogens is 372 g/mol. The maximum Gasteiger partial charge on any atom is 0.573 e. The SMILES string of the molecule is CCCOc1ccc(-c2ccc(-c3ccc(OC(F)(F)F)cc3)c(F)c2)cc1. The molecule has 0 fully saturated rings. The predicted molar refractivity (Wildman–Crippen MR) is 99.7 cm³/mol. The number of halogens is 4. The van der Waals surface area contributed by atoms with E-state index < -0.39 is 12.2 Å². The van der Waals surface area contributed by atoms with Gasteiger partial charge in [0.05, 0.1) is 6.61 Å². The fraction of sp³-hybridized carbons (Fsp3) is 0.182. The molecule has 0 aromatic heterocycles. The van der Waals surface area contributed by atoms with Crippen LogP contribution in [0.5, 0.6) is 11.5 Å². The molecule has 6 heteroatoms. The van der Waals surface area contributed by atoms with Gasteiger partial charge in [0, 0.05) is 5.56 Å². The minimum atomic E-state index is -4.76. The van der Waals surface area contributed by atoms with Crippen molar-refractivity contribution >= 4 is 0 Å². The van der Waals surface area contributed by atoms with Gasteiger partial charge in [-0.25, -0.2) is 4.39 Å². The van der Waals surface area contributed by atoms with Gasteiger partial charge in [-0.2, -0.15) is 0 Å². The van der Waals surface area contributed by atoms with Crippen molar-refractivity contribution in [3.8, 4) is 33.8 Å². The summed E-state index contributed by atoms with van der Waals surface area (Å²) in [6.07, 6.45) is -3.84. The van der Waals surface area contributed by atoms with Gasteiger partial charge in [0.15, 0.2) is 0 Å². The first-order valence-corrected chi connectivity index (χ1v) is 8.74. The Bertz CT molecular complexity index is 917. The Balaban J connectivity index is 1.78. The van der Waals surface area contributed by atoms with Gasteiger partial charge < -0.3 is 9.47 Å². The van der Waals surface area contributed by atoms with Gasteiger partial charge in [-0.3, -0.25) is 0 Å². The van der Waals surface area contributed by atoms with Crippen LogP contribution in [0.2, 0.25) is 0 Å². The van der Waals surface area contributed by atoms with Crippen molar-refractivity contribution in [2.75, 3.05) is 6.61 Å². The van der Waals surface area contributed by atoms with Crippen LogP contribution in [0.15, 0.2) is 66.7 Å². The number of alkyl halides is 3. The van der Waals surface area contributed by atoms with E-state index in [1.807, 2.05) is 31.2 Å². The molecule has 0 unspecified atom stereocenters. The smallest absolute Gasteiger partial charge is 0.494 e. The Morgan fingerprint density at radius 2 is 1.32 bits per heavy atom. The van der Waals surface area contributed by atoms with Crippen molar-refractivity contribution in [3.05, 3.63) is 72.5 Å². The zero-order valence-corrected chi connectivity index (χ0v) is 15.1. The first-order valence-electron chi connectivity index (χ1n) is 8.74. The highest BCUT2D eigenvalue weighted by molar-refractivity contribution is 5.71. The summed E-state index contributed by atoms with van der Waals surface area (Å²) in [6.45, 7) is 2.66. The molecule has 0 atom stereocenters. The van der Waals surface area contributed by atoms with Crippen molar-refractivity contribution < 1.29 is 27.0 Å². The Morgan fingerprint density at radius 3 is 1.89 bits per heavy atom. The summed E-state index contributed by atoms with van der Waals surface area (Å²) >= 11 is 0. The van der Waals surface area contributed by atoms with Crippen LogP contribution in [0.1, 0.15) is 13.3 Å². The van der Waals surface area contributed by atoms with Gasteiger partial charge in [-0.1, -0.05) is 43.3 Å². The number of hydrogen-bond donors (Lipinski definition) is 0. The molecule has 0 saturated carbocycles. The van der Waals surface area contributed by atoms with Crippen LogP contribution in [-0.4, -0.2) is 13.0 Å². The van der Waals surface area contributed by atoms with Crippen LogP contribution in [0.4, 0.5) is 17.6 Å². The summed E-state index contributed by atoms with van der Waals surface area (Å²) in [5, 5.41) is 0. The zero-order valence-electron chi connectivity index (χ0n) is 15.1. The lowest BCUT2D eigenvalue weighted by Gasteiger charge is -2.11. The third kappa shape index (κ3) is 5.03. The average molecular weight is 390 g/mol. The molecule has 0 aliphatic rings.